The maximum absolute atomic E-state index is 11.9. The molecular weight excluding hydrogens is 217 g/mol. The van der Waals surface area contributed by atoms with Gasteiger partial charge in [0.2, 0.25) is 0 Å². The van der Waals surface area contributed by atoms with Crippen molar-refractivity contribution in [1.82, 2.24) is 15.1 Å². The second-order valence-corrected chi connectivity index (χ2v) is 3.77. The van der Waals surface area contributed by atoms with Gasteiger partial charge >= 0.3 is 0 Å². The monoisotopic (exact) mass is 233 g/mol. The number of hydrogen-bond donors (Lipinski definition) is 1. The Balaban J connectivity index is 2.58. The van der Waals surface area contributed by atoms with E-state index in [4.69, 9.17) is 11.6 Å². The van der Waals surface area contributed by atoms with Gasteiger partial charge < -0.3 is 5.32 Å². The zero-order chi connectivity index (χ0) is 11.3. The molecule has 0 saturated heterocycles. The Morgan fingerprint density at radius 3 is 2.87 bits per heavy atom. The maximum atomic E-state index is 11.9. The number of aromatic nitrogens is 2. The fourth-order valence-corrected chi connectivity index (χ4v) is 1.68. The van der Waals surface area contributed by atoms with Crippen molar-refractivity contribution >= 4 is 11.6 Å². The van der Waals surface area contributed by atoms with Crippen LogP contribution in [0.15, 0.2) is 0 Å². The molecule has 1 heterocycles. The van der Waals surface area contributed by atoms with Gasteiger partial charge in [-0.25, -0.2) is 0 Å². The summed E-state index contributed by atoms with van der Waals surface area (Å²) in [6.07, 6.45) is 1.40. The van der Waals surface area contributed by atoms with Crippen molar-refractivity contribution < 1.29 is 4.39 Å². The number of nitrogens with zero attached hydrogens (tertiary/aromatic N) is 2. The van der Waals surface area contributed by atoms with Gasteiger partial charge in [0.1, 0.15) is 5.15 Å². The first kappa shape index (κ1) is 12.5. The predicted octanol–water partition coefficient (Wildman–Crippen LogP) is 2.09. The van der Waals surface area contributed by atoms with Gasteiger partial charge in [-0.2, -0.15) is 5.10 Å². The molecule has 0 unspecified atom stereocenters. The third-order valence-electron chi connectivity index (χ3n) is 2.28. The molecule has 0 radical (unpaired) electrons. The molecule has 1 aromatic rings. The van der Waals surface area contributed by atoms with E-state index >= 15 is 0 Å². The summed E-state index contributed by atoms with van der Waals surface area (Å²) in [5.74, 6) is 0. The SMILES string of the molecule is CCc1nn(C)c(Cl)c1CNCCCF. The summed E-state index contributed by atoms with van der Waals surface area (Å²) >= 11 is 6.09. The topological polar surface area (TPSA) is 29.9 Å². The average molecular weight is 234 g/mol. The molecule has 3 nitrogen and oxygen atoms in total. The minimum atomic E-state index is -0.283. The average Bonchev–Trinajstić information content (AvgIpc) is 2.51. The number of hydrogen-bond acceptors (Lipinski definition) is 2. The van der Waals surface area contributed by atoms with Crippen molar-refractivity contribution in [3.63, 3.8) is 0 Å². The Morgan fingerprint density at radius 2 is 2.27 bits per heavy atom. The smallest absolute Gasteiger partial charge is 0.131 e. The minimum absolute atomic E-state index is 0.283. The lowest BCUT2D eigenvalue weighted by Crippen LogP contribution is -2.16. The largest absolute Gasteiger partial charge is 0.312 e. The second-order valence-electron chi connectivity index (χ2n) is 3.41. The van der Waals surface area contributed by atoms with E-state index in [1.165, 1.54) is 0 Å². The fourth-order valence-electron chi connectivity index (χ4n) is 1.46. The van der Waals surface area contributed by atoms with Gasteiger partial charge in [0.25, 0.3) is 0 Å². The van der Waals surface area contributed by atoms with Gasteiger partial charge in [-0.15, -0.1) is 0 Å². The lowest BCUT2D eigenvalue weighted by Gasteiger charge is -2.03. The van der Waals surface area contributed by atoms with Crippen LogP contribution in [0.5, 0.6) is 0 Å². The number of halogens is 2. The van der Waals surface area contributed by atoms with Crippen LogP contribution in [-0.2, 0) is 20.0 Å². The second kappa shape index (κ2) is 6.08. The third kappa shape index (κ3) is 3.18. The van der Waals surface area contributed by atoms with Crippen molar-refractivity contribution in [3.8, 4) is 0 Å². The molecule has 1 N–H and O–H groups in total. The molecular formula is C10H17ClFN3. The molecule has 0 aliphatic carbocycles. The van der Waals surface area contributed by atoms with Crippen LogP contribution in [0.1, 0.15) is 24.6 Å². The minimum Gasteiger partial charge on any atom is -0.312 e. The highest BCUT2D eigenvalue weighted by Gasteiger charge is 2.11. The molecule has 15 heavy (non-hydrogen) atoms. The molecule has 0 aliphatic rings. The fraction of sp³-hybridized carbons (Fsp3) is 0.700. The van der Waals surface area contributed by atoms with Gasteiger partial charge in [-0.05, 0) is 19.4 Å². The summed E-state index contributed by atoms with van der Waals surface area (Å²) in [5.41, 5.74) is 2.04. The van der Waals surface area contributed by atoms with E-state index in [0.29, 0.717) is 24.7 Å². The van der Waals surface area contributed by atoms with Crippen molar-refractivity contribution in [2.45, 2.75) is 26.3 Å². The van der Waals surface area contributed by atoms with E-state index in [1.807, 2.05) is 14.0 Å². The van der Waals surface area contributed by atoms with Crippen LogP contribution in [0.2, 0.25) is 5.15 Å². The molecule has 1 rings (SSSR count). The molecule has 1 aromatic heterocycles. The summed E-state index contributed by atoms with van der Waals surface area (Å²) in [6, 6.07) is 0. The first-order valence-corrected chi connectivity index (χ1v) is 5.55. The van der Waals surface area contributed by atoms with Crippen molar-refractivity contribution in [3.05, 3.63) is 16.4 Å². The number of rotatable bonds is 6. The first-order chi connectivity index (χ1) is 7.20. The zero-order valence-electron chi connectivity index (χ0n) is 9.19. The third-order valence-corrected chi connectivity index (χ3v) is 2.75. The van der Waals surface area contributed by atoms with E-state index in [1.54, 1.807) is 4.68 Å². The summed E-state index contributed by atoms with van der Waals surface area (Å²) in [4.78, 5) is 0. The summed E-state index contributed by atoms with van der Waals surface area (Å²) in [6.45, 7) is 3.10. The van der Waals surface area contributed by atoms with E-state index < -0.39 is 0 Å². The molecule has 0 bridgehead atoms. The van der Waals surface area contributed by atoms with Crippen LogP contribution >= 0.6 is 11.6 Å². The van der Waals surface area contributed by atoms with Gasteiger partial charge in [0, 0.05) is 19.2 Å². The molecule has 0 aliphatic heterocycles. The van der Waals surface area contributed by atoms with Crippen LogP contribution in [-0.4, -0.2) is 23.0 Å². The van der Waals surface area contributed by atoms with Crippen molar-refractivity contribution in [1.29, 1.82) is 0 Å². The normalized spacial score (nSPS) is 10.9. The van der Waals surface area contributed by atoms with E-state index in [2.05, 4.69) is 10.4 Å². The lowest BCUT2D eigenvalue weighted by atomic mass is 10.2. The highest BCUT2D eigenvalue weighted by molar-refractivity contribution is 6.30. The van der Waals surface area contributed by atoms with Gasteiger partial charge in [0.15, 0.2) is 0 Å². The first-order valence-electron chi connectivity index (χ1n) is 5.17. The van der Waals surface area contributed by atoms with Crippen LogP contribution in [0.25, 0.3) is 0 Å². The number of nitrogens with one attached hydrogen (secondary N) is 1. The molecule has 0 saturated carbocycles. The van der Waals surface area contributed by atoms with Crippen LogP contribution in [0.3, 0.4) is 0 Å². The highest BCUT2D eigenvalue weighted by Crippen LogP contribution is 2.19. The van der Waals surface area contributed by atoms with E-state index in [-0.39, 0.29) is 6.67 Å². The standard InChI is InChI=1S/C10H17ClFN3/c1-3-9-8(7-13-6-4-5-12)10(11)15(2)14-9/h13H,3-7H2,1-2H3. The number of aryl methyl sites for hydroxylation is 2. The molecule has 0 amide bonds. The molecule has 5 heteroatoms. The Labute approximate surface area is 94.6 Å². The molecule has 0 spiro atoms. The summed E-state index contributed by atoms with van der Waals surface area (Å²) in [5, 5.41) is 8.12. The highest BCUT2D eigenvalue weighted by atomic mass is 35.5. The van der Waals surface area contributed by atoms with Crippen molar-refractivity contribution in [2.75, 3.05) is 13.2 Å². The van der Waals surface area contributed by atoms with Gasteiger partial charge in [-0.1, -0.05) is 18.5 Å². The number of alkyl halides is 1. The summed E-state index contributed by atoms with van der Waals surface area (Å²) < 4.78 is 13.5. The van der Waals surface area contributed by atoms with Crippen LogP contribution in [0, 0.1) is 0 Å². The maximum Gasteiger partial charge on any atom is 0.131 e. The Hall–Kier alpha value is -0.610. The Kier molecular flexibility index (Phi) is 5.05. The molecule has 0 atom stereocenters. The summed E-state index contributed by atoms with van der Waals surface area (Å²) in [7, 11) is 1.83. The Bertz CT molecular complexity index is 312. The molecule has 0 fully saturated rings. The van der Waals surface area contributed by atoms with Gasteiger partial charge in [0.05, 0.1) is 12.4 Å². The van der Waals surface area contributed by atoms with E-state index in [9.17, 15) is 4.39 Å². The predicted molar refractivity (Wildman–Crippen MR) is 59.9 cm³/mol. The zero-order valence-corrected chi connectivity index (χ0v) is 9.94. The van der Waals surface area contributed by atoms with Crippen molar-refractivity contribution in [2.24, 2.45) is 7.05 Å². The molecule has 86 valence electrons. The molecule has 0 aromatic carbocycles. The van der Waals surface area contributed by atoms with Gasteiger partial charge in [-0.3, -0.25) is 9.07 Å². The van der Waals surface area contributed by atoms with Crippen LogP contribution in [0.4, 0.5) is 4.39 Å². The lowest BCUT2D eigenvalue weighted by molar-refractivity contribution is 0.459. The Morgan fingerprint density at radius 1 is 1.53 bits per heavy atom. The quantitative estimate of drug-likeness (QED) is 0.763. The van der Waals surface area contributed by atoms with Crippen LogP contribution < -0.4 is 5.32 Å². The van der Waals surface area contributed by atoms with E-state index in [0.717, 1.165) is 17.7 Å².